The zero-order chi connectivity index (χ0) is 18.2. The maximum atomic E-state index is 10.5. The Morgan fingerprint density at radius 1 is 1.48 bits per heavy atom. The molecule has 0 saturated heterocycles. The van der Waals surface area contributed by atoms with Gasteiger partial charge in [0.15, 0.2) is 0 Å². The number of aliphatic hydroxyl groups excluding tert-OH is 1. The van der Waals surface area contributed by atoms with Gasteiger partial charge in [-0.25, -0.2) is 0 Å². The van der Waals surface area contributed by atoms with Gasteiger partial charge in [-0.2, -0.15) is 0 Å². The van der Waals surface area contributed by atoms with Crippen LogP contribution in [-0.2, 0) is 9.63 Å². The van der Waals surface area contributed by atoms with E-state index in [1.54, 1.807) is 0 Å². The fraction of sp³-hybridized carbons (Fsp3) is 0.700. The highest BCUT2D eigenvalue weighted by molar-refractivity contribution is 5.87. The average molecular weight is 349 g/mol. The summed E-state index contributed by atoms with van der Waals surface area (Å²) in [6.45, 7) is 4.40. The molecule has 0 aromatic carbocycles. The Morgan fingerprint density at radius 3 is 3.00 bits per heavy atom. The molecule has 2 aliphatic rings. The van der Waals surface area contributed by atoms with Crippen LogP contribution in [0.4, 0.5) is 0 Å². The topological polar surface area (TPSA) is 79.1 Å². The number of aliphatic hydroxyl groups is 1. The molecule has 1 fully saturated rings. The largest absolute Gasteiger partial charge is 0.481 e. The normalized spacial score (nSPS) is 26.7. The lowest BCUT2D eigenvalue weighted by Crippen LogP contribution is -2.14. The minimum atomic E-state index is -0.870. The van der Waals surface area contributed by atoms with Gasteiger partial charge in [0.25, 0.3) is 0 Å². The van der Waals surface area contributed by atoms with Crippen LogP contribution >= 0.6 is 0 Å². The predicted octanol–water partition coefficient (Wildman–Crippen LogP) is 3.93. The number of fused-ring (bicyclic) bond motifs is 1. The monoisotopic (exact) mass is 349 g/mol. The van der Waals surface area contributed by atoms with E-state index in [2.05, 4.69) is 31.2 Å². The third-order valence-electron chi connectivity index (χ3n) is 5.29. The number of aliphatic carboxylic acids is 1. The average Bonchev–Trinajstić information content (AvgIpc) is 3.14. The second-order valence-corrected chi connectivity index (χ2v) is 7.32. The minimum absolute atomic E-state index is 0.0222. The quantitative estimate of drug-likeness (QED) is 0.462. The maximum absolute atomic E-state index is 10.5. The fourth-order valence-corrected chi connectivity index (χ4v) is 3.66. The van der Waals surface area contributed by atoms with Gasteiger partial charge < -0.3 is 15.1 Å². The SMILES string of the molecule is CCCCC(C)C(O)C=CC1=CC[C@@H]2C/C(=N/OCCC(=O)O)C[C@@H]12. The molecule has 0 spiro atoms. The molecule has 5 heteroatoms. The Morgan fingerprint density at radius 2 is 2.28 bits per heavy atom. The van der Waals surface area contributed by atoms with Crippen molar-refractivity contribution >= 4 is 11.7 Å². The van der Waals surface area contributed by atoms with E-state index in [-0.39, 0.29) is 25.0 Å². The summed E-state index contributed by atoms with van der Waals surface area (Å²) in [5.41, 5.74) is 2.32. The van der Waals surface area contributed by atoms with Crippen molar-refractivity contribution in [2.75, 3.05) is 6.61 Å². The van der Waals surface area contributed by atoms with Crippen molar-refractivity contribution in [1.82, 2.24) is 0 Å². The molecule has 2 rings (SSSR count). The van der Waals surface area contributed by atoms with Crippen molar-refractivity contribution in [2.24, 2.45) is 22.9 Å². The highest BCUT2D eigenvalue weighted by atomic mass is 16.6. The van der Waals surface area contributed by atoms with Crippen LogP contribution < -0.4 is 0 Å². The van der Waals surface area contributed by atoms with Crippen molar-refractivity contribution < 1.29 is 19.8 Å². The molecular weight excluding hydrogens is 318 g/mol. The second-order valence-electron chi connectivity index (χ2n) is 7.32. The van der Waals surface area contributed by atoms with Gasteiger partial charge in [-0.15, -0.1) is 0 Å². The van der Waals surface area contributed by atoms with Crippen LogP contribution in [0.15, 0.2) is 29.0 Å². The molecule has 2 aliphatic carbocycles. The molecular formula is C20H31NO4. The first-order valence-electron chi connectivity index (χ1n) is 9.47. The van der Waals surface area contributed by atoms with Crippen molar-refractivity contribution in [3.05, 3.63) is 23.8 Å². The summed E-state index contributed by atoms with van der Waals surface area (Å²) < 4.78 is 0. The highest BCUT2D eigenvalue weighted by Gasteiger charge is 2.36. The Balaban J connectivity index is 1.82. The smallest absolute Gasteiger partial charge is 0.306 e. The van der Waals surface area contributed by atoms with Crippen LogP contribution in [0.2, 0.25) is 0 Å². The number of unbranched alkanes of at least 4 members (excludes halogenated alkanes) is 1. The standard InChI is InChI=1S/C20H31NO4/c1-3-4-5-14(2)19(22)9-8-15-6-7-16-12-17(13-18(15)16)21-25-11-10-20(23)24/h6,8-9,14,16,18-19,22H,3-5,7,10-13H2,1-2H3,(H,23,24)/b9-8?,21-17-/t14?,16-,18+,19?/m1/s1. The van der Waals surface area contributed by atoms with E-state index in [1.165, 1.54) is 5.57 Å². The lowest BCUT2D eigenvalue weighted by Gasteiger charge is -2.16. The summed E-state index contributed by atoms with van der Waals surface area (Å²) in [6.07, 6.45) is 12.1. The zero-order valence-electron chi connectivity index (χ0n) is 15.4. The molecule has 2 unspecified atom stereocenters. The van der Waals surface area contributed by atoms with Crippen molar-refractivity contribution in [3.8, 4) is 0 Å². The molecule has 0 amide bonds. The number of hydrogen-bond acceptors (Lipinski definition) is 4. The summed E-state index contributed by atoms with van der Waals surface area (Å²) in [5, 5.41) is 23.0. The lowest BCUT2D eigenvalue weighted by atomic mass is 9.93. The molecule has 4 atom stereocenters. The second kappa shape index (κ2) is 9.76. The van der Waals surface area contributed by atoms with Crippen LogP contribution in [0, 0.1) is 17.8 Å². The zero-order valence-corrected chi connectivity index (χ0v) is 15.4. The van der Waals surface area contributed by atoms with Gasteiger partial charge in [0.1, 0.15) is 6.61 Å². The van der Waals surface area contributed by atoms with Gasteiger partial charge in [-0.3, -0.25) is 4.79 Å². The van der Waals surface area contributed by atoms with E-state index in [0.29, 0.717) is 11.8 Å². The number of carbonyl (C=O) groups is 1. The number of rotatable bonds is 10. The van der Waals surface area contributed by atoms with E-state index < -0.39 is 5.97 Å². The fourth-order valence-electron chi connectivity index (χ4n) is 3.66. The molecule has 0 heterocycles. The van der Waals surface area contributed by atoms with E-state index in [1.807, 2.05) is 6.08 Å². The number of hydrogen-bond donors (Lipinski definition) is 2. The highest BCUT2D eigenvalue weighted by Crippen LogP contribution is 2.43. The Bertz CT molecular complexity index is 538. The maximum Gasteiger partial charge on any atom is 0.306 e. The van der Waals surface area contributed by atoms with Gasteiger partial charge in [-0.05, 0) is 49.0 Å². The number of allylic oxidation sites excluding steroid dienone is 3. The molecule has 140 valence electrons. The minimum Gasteiger partial charge on any atom is -0.481 e. The number of oxime groups is 1. The van der Waals surface area contributed by atoms with E-state index in [9.17, 15) is 9.90 Å². The Kier molecular flexibility index (Phi) is 7.69. The van der Waals surface area contributed by atoms with Gasteiger partial charge in [-0.1, -0.05) is 50.1 Å². The molecule has 0 radical (unpaired) electrons. The molecule has 1 saturated carbocycles. The number of nitrogens with zero attached hydrogens (tertiary/aromatic N) is 1. The van der Waals surface area contributed by atoms with Crippen LogP contribution in [0.25, 0.3) is 0 Å². The van der Waals surface area contributed by atoms with Gasteiger partial charge in [0.2, 0.25) is 0 Å². The van der Waals surface area contributed by atoms with Crippen LogP contribution in [0.5, 0.6) is 0 Å². The van der Waals surface area contributed by atoms with E-state index >= 15 is 0 Å². The van der Waals surface area contributed by atoms with Gasteiger partial charge >= 0.3 is 5.97 Å². The summed E-state index contributed by atoms with van der Waals surface area (Å²) in [7, 11) is 0. The van der Waals surface area contributed by atoms with E-state index in [0.717, 1.165) is 44.2 Å². The molecule has 0 bridgehead atoms. The van der Waals surface area contributed by atoms with Crippen LogP contribution in [-0.4, -0.2) is 34.6 Å². The summed E-state index contributed by atoms with van der Waals surface area (Å²) >= 11 is 0. The van der Waals surface area contributed by atoms with E-state index in [4.69, 9.17) is 9.94 Å². The summed E-state index contributed by atoms with van der Waals surface area (Å²) in [4.78, 5) is 15.6. The van der Waals surface area contributed by atoms with Gasteiger partial charge in [0, 0.05) is 0 Å². The first-order chi connectivity index (χ1) is 12.0. The Labute approximate surface area is 150 Å². The third kappa shape index (κ3) is 5.99. The first kappa shape index (κ1) is 19.7. The van der Waals surface area contributed by atoms with Crippen molar-refractivity contribution in [1.29, 1.82) is 0 Å². The molecule has 25 heavy (non-hydrogen) atoms. The predicted molar refractivity (Wildman–Crippen MR) is 98.4 cm³/mol. The van der Waals surface area contributed by atoms with Crippen LogP contribution in [0.3, 0.4) is 0 Å². The van der Waals surface area contributed by atoms with Crippen molar-refractivity contribution in [2.45, 2.75) is 64.9 Å². The molecule has 0 aromatic rings. The molecule has 5 nitrogen and oxygen atoms in total. The number of carboxylic acids is 1. The van der Waals surface area contributed by atoms with Crippen molar-refractivity contribution in [3.63, 3.8) is 0 Å². The summed E-state index contributed by atoms with van der Waals surface area (Å²) in [5.74, 6) is 0.440. The molecule has 0 aromatic heterocycles. The molecule has 0 aliphatic heterocycles. The lowest BCUT2D eigenvalue weighted by molar-refractivity contribution is -0.138. The summed E-state index contributed by atoms with van der Waals surface area (Å²) in [6, 6.07) is 0. The number of carboxylic acid groups (broad SMARTS) is 1. The third-order valence-corrected chi connectivity index (χ3v) is 5.29. The molecule has 2 N–H and O–H groups in total. The first-order valence-corrected chi connectivity index (χ1v) is 9.47. The van der Waals surface area contributed by atoms with Gasteiger partial charge in [0.05, 0.1) is 18.2 Å². The van der Waals surface area contributed by atoms with Crippen LogP contribution in [0.1, 0.15) is 58.8 Å². The Hall–Kier alpha value is -1.62.